The average Bonchev–Trinajstić information content (AvgIpc) is 2.47. The number of esters is 1. The Morgan fingerprint density at radius 2 is 1.43 bits per heavy atom. The average molecular weight is 300 g/mol. The molecule has 1 unspecified atom stereocenters. The fourth-order valence-electron chi connectivity index (χ4n) is 2.56. The SMILES string of the molecule is CCCCCCC(CCCCCCCC(=O)O)C(=O)OC. The number of methoxy groups -OCH3 is 1. The number of unbranched alkanes of at least 4 members (excludes halogenated alkanes) is 7. The highest BCUT2D eigenvalue weighted by Crippen LogP contribution is 2.20. The molecule has 124 valence electrons. The van der Waals surface area contributed by atoms with Gasteiger partial charge in [-0.05, 0) is 19.3 Å². The molecule has 0 aliphatic rings. The molecular formula is C17H32O4. The molecule has 0 spiro atoms. The van der Waals surface area contributed by atoms with Crippen molar-refractivity contribution in [3.8, 4) is 0 Å². The van der Waals surface area contributed by atoms with Crippen LogP contribution in [0.1, 0.15) is 84.0 Å². The second kappa shape index (κ2) is 13.9. The topological polar surface area (TPSA) is 63.6 Å². The maximum atomic E-state index is 11.7. The number of carboxylic acids is 1. The molecule has 0 radical (unpaired) electrons. The quantitative estimate of drug-likeness (QED) is 0.377. The summed E-state index contributed by atoms with van der Waals surface area (Å²) in [6, 6.07) is 0. The Morgan fingerprint density at radius 1 is 0.905 bits per heavy atom. The normalized spacial score (nSPS) is 12.1. The summed E-state index contributed by atoms with van der Waals surface area (Å²) in [5, 5.41) is 8.55. The van der Waals surface area contributed by atoms with Gasteiger partial charge in [-0.3, -0.25) is 9.59 Å². The molecule has 0 heterocycles. The maximum Gasteiger partial charge on any atom is 0.308 e. The second-order valence-electron chi connectivity index (χ2n) is 5.77. The number of aliphatic carboxylic acids is 1. The van der Waals surface area contributed by atoms with E-state index >= 15 is 0 Å². The molecule has 21 heavy (non-hydrogen) atoms. The van der Waals surface area contributed by atoms with Crippen LogP contribution >= 0.6 is 0 Å². The Labute approximate surface area is 129 Å². The van der Waals surface area contributed by atoms with E-state index in [2.05, 4.69) is 6.92 Å². The summed E-state index contributed by atoms with van der Waals surface area (Å²) < 4.78 is 4.89. The predicted molar refractivity (Wildman–Crippen MR) is 84.2 cm³/mol. The minimum absolute atomic E-state index is 0.0471. The zero-order valence-corrected chi connectivity index (χ0v) is 13.7. The summed E-state index contributed by atoms with van der Waals surface area (Å²) in [5.74, 6) is -0.740. The standard InChI is InChI=1S/C17H32O4/c1-3-4-5-9-12-15(17(20)21-2)13-10-7-6-8-11-14-16(18)19/h15H,3-14H2,1-2H3,(H,18,19). The van der Waals surface area contributed by atoms with E-state index in [1.165, 1.54) is 26.4 Å². The summed E-state index contributed by atoms with van der Waals surface area (Å²) in [6.45, 7) is 2.18. The third-order valence-electron chi connectivity index (χ3n) is 3.88. The van der Waals surface area contributed by atoms with Crippen molar-refractivity contribution in [2.24, 2.45) is 5.92 Å². The summed E-state index contributed by atoms with van der Waals surface area (Å²) >= 11 is 0. The van der Waals surface area contributed by atoms with E-state index < -0.39 is 5.97 Å². The van der Waals surface area contributed by atoms with Gasteiger partial charge in [-0.1, -0.05) is 58.3 Å². The molecule has 0 aromatic heterocycles. The van der Waals surface area contributed by atoms with Crippen LogP contribution in [0.5, 0.6) is 0 Å². The minimum Gasteiger partial charge on any atom is -0.481 e. The van der Waals surface area contributed by atoms with Gasteiger partial charge in [0.15, 0.2) is 0 Å². The van der Waals surface area contributed by atoms with E-state index in [0.717, 1.165) is 51.4 Å². The fraction of sp³-hybridized carbons (Fsp3) is 0.882. The molecule has 0 saturated heterocycles. The molecule has 0 saturated carbocycles. The fourth-order valence-corrected chi connectivity index (χ4v) is 2.56. The molecule has 0 aliphatic heterocycles. The van der Waals surface area contributed by atoms with E-state index in [-0.39, 0.29) is 18.3 Å². The van der Waals surface area contributed by atoms with Gasteiger partial charge < -0.3 is 9.84 Å². The van der Waals surface area contributed by atoms with Gasteiger partial charge in [0, 0.05) is 6.42 Å². The third kappa shape index (κ3) is 12.4. The maximum absolute atomic E-state index is 11.7. The molecule has 4 heteroatoms. The number of hydrogen-bond donors (Lipinski definition) is 1. The Kier molecular flexibility index (Phi) is 13.2. The molecule has 0 amide bonds. The highest BCUT2D eigenvalue weighted by molar-refractivity contribution is 5.72. The summed E-state index contributed by atoms with van der Waals surface area (Å²) in [6.07, 6.45) is 11.7. The van der Waals surface area contributed by atoms with Gasteiger partial charge in [-0.15, -0.1) is 0 Å². The van der Waals surface area contributed by atoms with Gasteiger partial charge in [0.2, 0.25) is 0 Å². The summed E-state index contributed by atoms with van der Waals surface area (Å²) in [4.78, 5) is 22.1. The Morgan fingerprint density at radius 3 is 1.95 bits per heavy atom. The van der Waals surface area contributed by atoms with Crippen LogP contribution in [0.3, 0.4) is 0 Å². The molecular weight excluding hydrogens is 268 g/mol. The molecule has 0 rings (SSSR count). The molecule has 0 aliphatic carbocycles. The molecule has 0 bridgehead atoms. The van der Waals surface area contributed by atoms with Crippen molar-refractivity contribution in [2.75, 3.05) is 7.11 Å². The van der Waals surface area contributed by atoms with Gasteiger partial charge in [-0.25, -0.2) is 0 Å². The summed E-state index contributed by atoms with van der Waals surface area (Å²) in [5.41, 5.74) is 0. The van der Waals surface area contributed by atoms with Crippen LogP contribution < -0.4 is 0 Å². The highest BCUT2D eigenvalue weighted by Gasteiger charge is 2.17. The number of carbonyl (C=O) groups is 2. The molecule has 1 N–H and O–H groups in total. The van der Waals surface area contributed by atoms with Crippen molar-refractivity contribution in [1.82, 2.24) is 0 Å². The van der Waals surface area contributed by atoms with Gasteiger partial charge >= 0.3 is 11.9 Å². The second-order valence-corrected chi connectivity index (χ2v) is 5.77. The van der Waals surface area contributed by atoms with Gasteiger partial charge in [0.1, 0.15) is 0 Å². The Balaban J connectivity index is 3.70. The van der Waals surface area contributed by atoms with Crippen LogP contribution in [0.2, 0.25) is 0 Å². The molecule has 0 fully saturated rings. The molecule has 0 aromatic rings. The number of carboxylic acid groups (broad SMARTS) is 1. The zero-order chi connectivity index (χ0) is 15.9. The van der Waals surface area contributed by atoms with Gasteiger partial charge in [0.05, 0.1) is 13.0 Å². The lowest BCUT2D eigenvalue weighted by Crippen LogP contribution is -2.16. The molecule has 1 atom stereocenters. The smallest absolute Gasteiger partial charge is 0.308 e. The van der Waals surface area contributed by atoms with E-state index in [9.17, 15) is 9.59 Å². The van der Waals surface area contributed by atoms with E-state index in [4.69, 9.17) is 9.84 Å². The zero-order valence-electron chi connectivity index (χ0n) is 13.7. The van der Waals surface area contributed by atoms with Crippen LogP contribution in [0.25, 0.3) is 0 Å². The lowest BCUT2D eigenvalue weighted by molar-refractivity contribution is -0.146. The number of rotatable bonds is 14. The van der Waals surface area contributed by atoms with Crippen molar-refractivity contribution >= 4 is 11.9 Å². The number of ether oxygens (including phenoxy) is 1. The first-order chi connectivity index (χ1) is 10.1. The van der Waals surface area contributed by atoms with Crippen LogP contribution in [0.4, 0.5) is 0 Å². The van der Waals surface area contributed by atoms with Crippen molar-refractivity contribution in [2.45, 2.75) is 84.0 Å². The number of hydrogen-bond acceptors (Lipinski definition) is 3. The van der Waals surface area contributed by atoms with E-state index in [1.54, 1.807) is 0 Å². The first-order valence-corrected chi connectivity index (χ1v) is 8.41. The highest BCUT2D eigenvalue weighted by atomic mass is 16.5. The first kappa shape index (κ1) is 19.9. The van der Waals surface area contributed by atoms with Crippen LogP contribution in [-0.2, 0) is 14.3 Å². The largest absolute Gasteiger partial charge is 0.481 e. The molecule has 0 aromatic carbocycles. The van der Waals surface area contributed by atoms with Gasteiger partial charge in [-0.2, -0.15) is 0 Å². The first-order valence-electron chi connectivity index (χ1n) is 8.41. The van der Waals surface area contributed by atoms with E-state index in [1.807, 2.05) is 0 Å². The minimum atomic E-state index is -0.715. The Hall–Kier alpha value is -1.06. The van der Waals surface area contributed by atoms with Crippen LogP contribution in [-0.4, -0.2) is 24.2 Å². The van der Waals surface area contributed by atoms with Crippen LogP contribution in [0, 0.1) is 5.92 Å². The third-order valence-corrected chi connectivity index (χ3v) is 3.88. The predicted octanol–water partition coefficient (Wildman–Crippen LogP) is 4.56. The van der Waals surface area contributed by atoms with Crippen molar-refractivity contribution in [1.29, 1.82) is 0 Å². The summed E-state index contributed by atoms with van der Waals surface area (Å²) in [7, 11) is 1.47. The monoisotopic (exact) mass is 300 g/mol. The van der Waals surface area contributed by atoms with Crippen molar-refractivity contribution in [3.05, 3.63) is 0 Å². The van der Waals surface area contributed by atoms with Crippen molar-refractivity contribution < 1.29 is 19.4 Å². The van der Waals surface area contributed by atoms with E-state index in [0.29, 0.717) is 0 Å². The lowest BCUT2D eigenvalue weighted by Gasteiger charge is -2.14. The van der Waals surface area contributed by atoms with Crippen molar-refractivity contribution in [3.63, 3.8) is 0 Å². The number of carbonyl (C=O) groups excluding carboxylic acids is 1. The molecule has 4 nitrogen and oxygen atoms in total. The van der Waals surface area contributed by atoms with Gasteiger partial charge in [0.25, 0.3) is 0 Å². The Bertz CT molecular complexity index is 276. The van der Waals surface area contributed by atoms with Crippen LogP contribution in [0.15, 0.2) is 0 Å². The lowest BCUT2D eigenvalue weighted by atomic mass is 9.94.